The average Bonchev–Trinajstić information content (AvgIpc) is 2.28. The molecule has 0 amide bonds. The summed E-state index contributed by atoms with van der Waals surface area (Å²) in [4.78, 5) is 10.7. The molecule has 0 spiro atoms. The second kappa shape index (κ2) is 4.42. The monoisotopic (exact) mass is 226 g/mol. The fourth-order valence-corrected chi connectivity index (χ4v) is 2.10. The van der Waals surface area contributed by atoms with E-state index in [0.717, 1.165) is 21.9 Å². The highest BCUT2D eigenvalue weighted by molar-refractivity contribution is 5.98. The van der Waals surface area contributed by atoms with Crippen LogP contribution in [0.15, 0.2) is 43.0 Å². The van der Waals surface area contributed by atoms with E-state index >= 15 is 0 Å². The first-order chi connectivity index (χ1) is 8.09. The van der Waals surface area contributed by atoms with Gasteiger partial charge < -0.3 is 5.11 Å². The Hall–Kier alpha value is -2.09. The highest BCUT2D eigenvalue weighted by Gasteiger charge is 2.09. The number of hydrogen-bond donors (Lipinski definition) is 1. The number of benzene rings is 2. The summed E-state index contributed by atoms with van der Waals surface area (Å²) in [7, 11) is 0. The fourth-order valence-electron chi connectivity index (χ4n) is 2.10. The molecule has 0 radical (unpaired) electrons. The highest BCUT2D eigenvalue weighted by atomic mass is 16.4. The van der Waals surface area contributed by atoms with Crippen LogP contribution in [0.1, 0.15) is 17.5 Å². The largest absolute Gasteiger partial charge is 0.481 e. The Labute approximate surface area is 100 Å². The molecule has 1 N–H and O–H groups in total. The molecule has 0 atom stereocenters. The molecule has 2 nitrogen and oxygen atoms in total. The zero-order chi connectivity index (χ0) is 12.4. The van der Waals surface area contributed by atoms with Gasteiger partial charge in [0.05, 0.1) is 6.42 Å². The van der Waals surface area contributed by atoms with Crippen molar-refractivity contribution in [2.45, 2.75) is 13.3 Å². The minimum absolute atomic E-state index is 0.0204. The zero-order valence-corrected chi connectivity index (χ0v) is 9.73. The number of hydrogen-bond acceptors (Lipinski definition) is 1. The third-order valence-electron chi connectivity index (χ3n) is 2.86. The van der Waals surface area contributed by atoms with Crippen LogP contribution in [0, 0.1) is 6.92 Å². The van der Waals surface area contributed by atoms with Crippen LogP contribution in [0.4, 0.5) is 0 Å². The summed E-state index contributed by atoms with van der Waals surface area (Å²) in [5.74, 6) is -0.847. The smallest absolute Gasteiger partial charge is 0.307 e. The van der Waals surface area contributed by atoms with Crippen molar-refractivity contribution in [3.8, 4) is 0 Å². The third kappa shape index (κ3) is 2.21. The van der Waals surface area contributed by atoms with Gasteiger partial charge in [0.15, 0.2) is 0 Å². The van der Waals surface area contributed by atoms with Gasteiger partial charge in [-0.05, 0) is 34.4 Å². The molecule has 0 saturated heterocycles. The fraction of sp³-hybridized carbons (Fsp3) is 0.133. The predicted octanol–water partition coefficient (Wildman–Crippen LogP) is 3.64. The Morgan fingerprint density at radius 2 is 1.88 bits per heavy atom. The number of carboxylic acids is 1. The summed E-state index contributed by atoms with van der Waals surface area (Å²) in [5, 5.41) is 11.0. The number of aryl methyl sites for hydroxylation is 1. The molecule has 0 fully saturated rings. The maximum Gasteiger partial charge on any atom is 0.307 e. The topological polar surface area (TPSA) is 37.3 Å². The molecule has 0 unspecified atom stereocenters. The average molecular weight is 226 g/mol. The van der Waals surface area contributed by atoms with Gasteiger partial charge in [-0.15, -0.1) is 0 Å². The van der Waals surface area contributed by atoms with Crippen molar-refractivity contribution in [2.24, 2.45) is 0 Å². The lowest BCUT2D eigenvalue weighted by Gasteiger charge is -2.10. The predicted molar refractivity (Wildman–Crippen MR) is 70.0 cm³/mol. The Morgan fingerprint density at radius 1 is 1.24 bits per heavy atom. The minimum Gasteiger partial charge on any atom is -0.481 e. The molecule has 2 heteroatoms. The van der Waals surface area contributed by atoms with E-state index in [4.69, 9.17) is 5.11 Å². The maximum atomic E-state index is 10.7. The second-order valence-electron chi connectivity index (χ2n) is 4.15. The molecule has 0 bridgehead atoms. The van der Waals surface area contributed by atoms with Gasteiger partial charge in [-0.3, -0.25) is 4.79 Å². The van der Waals surface area contributed by atoms with Crippen LogP contribution in [0.3, 0.4) is 0 Å². The number of fused-ring (bicyclic) bond motifs is 1. The first kappa shape index (κ1) is 11.4. The second-order valence-corrected chi connectivity index (χ2v) is 4.15. The van der Waals surface area contributed by atoms with E-state index in [0.29, 0.717) is 5.57 Å². The lowest BCUT2D eigenvalue weighted by Crippen LogP contribution is -1.97. The standard InChI is InChI=1S/C15H14O2/c1-10-5-3-6-12-7-4-8-13(15(10)12)11(2)9-14(16)17/h3-8H,2,9H2,1H3,(H,16,17). The van der Waals surface area contributed by atoms with Crippen LogP contribution in [0.25, 0.3) is 16.3 Å². The van der Waals surface area contributed by atoms with E-state index in [1.807, 2.05) is 43.3 Å². The first-order valence-corrected chi connectivity index (χ1v) is 5.48. The number of aliphatic carboxylic acids is 1. The highest BCUT2D eigenvalue weighted by Crippen LogP contribution is 2.28. The molecule has 17 heavy (non-hydrogen) atoms. The summed E-state index contributed by atoms with van der Waals surface area (Å²) in [6.45, 7) is 5.90. The molecule has 0 aliphatic heterocycles. The van der Waals surface area contributed by atoms with E-state index < -0.39 is 5.97 Å². The lowest BCUT2D eigenvalue weighted by molar-refractivity contribution is -0.135. The van der Waals surface area contributed by atoms with E-state index in [2.05, 4.69) is 6.58 Å². The Kier molecular flexibility index (Phi) is 2.96. The van der Waals surface area contributed by atoms with E-state index in [1.54, 1.807) is 0 Å². The van der Waals surface area contributed by atoms with E-state index in [-0.39, 0.29) is 6.42 Å². The summed E-state index contributed by atoms with van der Waals surface area (Å²) in [6.07, 6.45) is -0.0204. The Morgan fingerprint density at radius 3 is 2.53 bits per heavy atom. The van der Waals surface area contributed by atoms with Crippen molar-refractivity contribution >= 4 is 22.3 Å². The van der Waals surface area contributed by atoms with Crippen LogP contribution < -0.4 is 0 Å². The molecule has 2 rings (SSSR count). The lowest BCUT2D eigenvalue weighted by atomic mass is 9.94. The molecule has 0 heterocycles. The zero-order valence-electron chi connectivity index (χ0n) is 9.73. The number of carbonyl (C=O) groups is 1. The molecule has 0 saturated carbocycles. The van der Waals surface area contributed by atoms with Crippen molar-refractivity contribution in [1.29, 1.82) is 0 Å². The molecule has 0 aromatic heterocycles. The van der Waals surface area contributed by atoms with Gasteiger partial charge >= 0.3 is 5.97 Å². The van der Waals surface area contributed by atoms with Gasteiger partial charge in [0, 0.05) is 0 Å². The van der Waals surface area contributed by atoms with Crippen molar-refractivity contribution in [3.05, 3.63) is 54.1 Å². The molecule has 86 valence electrons. The Bertz CT molecular complexity index is 592. The molecule has 0 aliphatic rings. The van der Waals surface area contributed by atoms with Gasteiger partial charge in [0.1, 0.15) is 0 Å². The number of carboxylic acid groups (broad SMARTS) is 1. The van der Waals surface area contributed by atoms with Crippen molar-refractivity contribution in [1.82, 2.24) is 0 Å². The first-order valence-electron chi connectivity index (χ1n) is 5.48. The third-order valence-corrected chi connectivity index (χ3v) is 2.86. The van der Waals surface area contributed by atoms with Crippen LogP contribution in [-0.2, 0) is 4.79 Å². The van der Waals surface area contributed by atoms with Crippen molar-refractivity contribution in [2.75, 3.05) is 0 Å². The normalized spacial score (nSPS) is 10.4. The van der Waals surface area contributed by atoms with Crippen LogP contribution in [0.5, 0.6) is 0 Å². The maximum absolute atomic E-state index is 10.7. The van der Waals surface area contributed by atoms with Gasteiger partial charge in [-0.25, -0.2) is 0 Å². The SMILES string of the molecule is C=C(CC(=O)O)c1cccc2cccc(C)c12. The van der Waals surface area contributed by atoms with Gasteiger partial charge in [0.25, 0.3) is 0 Å². The number of rotatable bonds is 3. The van der Waals surface area contributed by atoms with Crippen LogP contribution >= 0.6 is 0 Å². The van der Waals surface area contributed by atoms with Crippen LogP contribution in [-0.4, -0.2) is 11.1 Å². The quantitative estimate of drug-likeness (QED) is 0.867. The molecular formula is C15H14O2. The summed E-state index contributed by atoms with van der Waals surface area (Å²) in [6, 6.07) is 12.0. The van der Waals surface area contributed by atoms with Crippen molar-refractivity contribution < 1.29 is 9.90 Å². The van der Waals surface area contributed by atoms with Gasteiger partial charge in [0.2, 0.25) is 0 Å². The summed E-state index contributed by atoms with van der Waals surface area (Å²) < 4.78 is 0. The van der Waals surface area contributed by atoms with E-state index in [9.17, 15) is 4.79 Å². The summed E-state index contributed by atoms with van der Waals surface area (Å²) >= 11 is 0. The van der Waals surface area contributed by atoms with Gasteiger partial charge in [-0.2, -0.15) is 0 Å². The molecule has 2 aromatic rings. The van der Waals surface area contributed by atoms with E-state index in [1.165, 1.54) is 0 Å². The molecule has 0 aliphatic carbocycles. The molecular weight excluding hydrogens is 212 g/mol. The minimum atomic E-state index is -0.847. The van der Waals surface area contributed by atoms with Crippen molar-refractivity contribution in [3.63, 3.8) is 0 Å². The summed E-state index contributed by atoms with van der Waals surface area (Å²) in [5.41, 5.74) is 2.73. The molecule has 2 aromatic carbocycles. The Balaban J connectivity index is 2.61. The van der Waals surface area contributed by atoms with Gasteiger partial charge in [-0.1, -0.05) is 43.0 Å². The van der Waals surface area contributed by atoms with Crippen LogP contribution in [0.2, 0.25) is 0 Å².